The van der Waals surface area contributed by atoms with E-state index in [0.29, 0.717) is 12.4 Å². The minimum Gasteiger partial charge on any atom is -0.383 e. The Morgan fingerprint density at radius 2 is 1.93 bits per heavy atom. The van der Waals surface area contributed by atoms with Gasteiger partial charge in [0.25, 0.3) is 0 Å². The number of carbonyl (C=O) groups excluding carboxylic acids is 1. The molecule has 0 aliphatic carbocycles. The van der Waals surface area contributed by atoms with E-state index in [-0.39, 0.29) is 11.9 Å². The number of nitrogens with zero attached hydrogens (tertiary/aromatic N) is 2. The monoisotopic (exact) mass is 411 g/mol. The largest absolute Gasteiger partial charge is 0.383 e. The Morgan fingerprint density at radius 1 is 1.21 bits per heavy atom. The molecule has 0 aliphatic heterocycles. The van der Waals surface area contributed by atoms with Gasteiger partial charge in [-0.15, -0.1) is 0 Å². The number of aromatic amines is 1. The number of H-pyrrole nitrogens is 1. The fourth-order valence-electron chi connectivity index (χ4n) is 3.68. The molecule has 0 aliphatic rings. The molecular formula is C23H29N3O2S. The number of carbonyl (C=O) groups is 1. The first kappa shape index (κ1) is 21.4. The number of benzene rings is 2. The lowest BCUT2D eigenvalue weighted by Gasteiger charge is -2.32. The number of anilines is 1. The quantitative estimate of drug-likeness (QED) is 0.536. The van der Waals surface area contributed by atoms with E-state index in [2.05, 4.69) is 35.9 Å². The Hall–Kier alpha value is -2.31. The fraction of sp³-hybridized carbons (Fsp3) is 0.391. The summed E-state index contributed by atoms with van der Waals surface area (Å²) in [7, 11) is 1.67. The van der Waals surface area contributed by atoms with Crippen molar-refractivity contribution in [2.75, 3.05) is 24.4 Å². The molecule has 1 amide bonds. The van der Waals surface area contributed by atoms with E-state index in [1.165, 1.54) is 17.3 Å². The smallest absolute Gasteiger partial charge is 0.237 e. The van der Waals surface area contributed by atoms with E-state index in [1.54, 1.807) is 7.11 Å². The second-order valence-corrected chi connectivity index (χ2v) is 8.27. The first-order valence-electron chi connectivity index (χ1n) is 9.93. The number of para-hydroxylation sites is 2. The number of aromatic nitrogens is 2. The van der Waals surface area contributed by atoms with Crippen LogP contribution >= 0.6 is 11.8 Å². The van der Waals surface area contributed by atoms with Gasteiger partial charge in [-0.1, -0.05) is 49.0 Å². The molecule has 0 bridgehead atoms. The van der Waals surface area contributed by atoms with Crippen molar-refractivity contribution in [1.29, 1.82) is 0 Å². The summed E-state index contributed by atoms with van der Waals surface area (Å²) in [6.07, 6.45) is 0.872. The second-order valence-electron chi connectivity index (χ2n) is 7.31. The Kier molecular flexibility index (Phi) is 6.98. The van der Waals surface area contributed by atoms with Crippen molar-refractivity contribution in [2.24, 2.45) is 0 Å². The Morgan fingerprint density at radius 3 is 2.62 bits per heavy atom. The highest BCUT2D eigenvalue weighted by Crippen LogP contribution is 2.29. The molecule has 1 heterocycles. The average Bonchev–Trinajstić information content (AvgIpc) is 3.12. The molecule has 3 aromatic rings. The van der Waals surface area contributed by atoms with Crippen molar-refractivity contribution in [1.82, 2.24) is 9.97 Å². The third-order valence-corrected chi connectivity index (χ3v) is 5.94. The lowest BCUT2D eigenvalue weighted by Crippen LogP contribution is -2.43. The predicted octanol–water partition coefficient (Wildman–Crippen LogP) is 4.90. The number of methoxy groups -OCH3 is 1. The molecule has 0 radical (unpaired) electrons. The second kappa shape index (κ2) is 9.46. The number of hydrogen-bond donors (Lipinski definition) is 1. The van der Waals surface area contributed by atoms with Gasteiger partial charge in [-0.25, -0.2) is 4.98 Å². The number of amides is 1. The van der Waals surface area contributed by atoms with E-state index in [9.17, 15) is 4.79 Å². The summed E-state index contributed by atoms with van der Waals surface area (Å²) in [6, 6.07) is 12.2. The van der Waals surface area contributed by atoms with Gasteiger partial charge in [-0.2, -0.15) is 0 Å². The summed E-state index contributed by atoms with van der Waals surface area (Å²) in [6.45, 7) is 8.73. The van der Waals surface area contributed by atoms with Crippen molar-refractivity contribution in [3.8, 4) is 0 Å². The van der Waals surface area contributed by atoms with Crippen LogP contribution in [0.2, 0.25) is 0 Å². The zero-order valence-corrected chi connectivity index (χ0v) is 18.6. The number of rotatable bonds is 8. The minimum absolute atomic E-state index is 0.0562. The van der Waals surface area contributed by atoms with Crippen LogP contribution in [0, 0.1) is 13.8 Å². The number of nitrogens with one attached hydrogen (secondary N) is 1. The summed E-state index contributed by atoms with van der Waals surface area (Å²) in [5.41, 5.74) is 6.36. The Balaban J connectivity index is 1.86. The zero-order chi connectivity index (χ0) is 21.0. The highest BCUT2D eigenvalue weighted by atomic mass is 32.2. The topological polar surface area (TPSA) is 58.2 Å². The van der Waals surface area contributed by atoms with Crippen LogP contribution in [0.5, 0.6) is 0 Å². The summed E-state index contributed by atoms with van der Waals surface area (Å²) >= 11 is 1.44. The van der Waals surface area contributed by atoms with E-state index in [1.807, 2.05) is 43.0 Å². The molecule has 1 aromatic heterocycles. The number of thioether (sulfide) groups is 1. The molecule has 1 atom stereocenters. The predicted molar refractivity (Wildman–Crippen MR) is 121 cm³/mol. The molecule has 6 heteroatoms. The van der Waals surface area contributed by atoms with Gasteiger partial charge in [0.15, 0.2) is 5.16 Å². The van der Waals surface area contributed by atoms with Crippen molar-refractivity contribution >= 4 is 34.4 Å². The lowest BCUT2D eigenvalue weighted by molar-refractivity contribution is -0.116. The molecule has 0 fully saturated rings. The van der Waals surface area contributed by atoms with Crippen LogP contribution in [-0.2, 0) is 16.0 Å². The Labute approximate surface area is 176 Å². The summed E-state index contributed by atoms with van der Waals surface area (Å²) in [5.74, 6) is 0.366. The number of fused-ring (bicyclic) bond motifs is 1. The summed E-state index contributed by atoms with van der Waals surface area (Å²) < 4.78 is 5.37. The maximum Gasteiger partial charge on any atom is 0.237 e. The van der Waals surface area contributed by atoms with E-state index < -0.39 is 0 Å². The first-order valence-corrected chi connectivity index (χ1v) is 10.9. The van der Waals surface area contributed by atoms with Gasteiger partial charge in [0.2, 0.25) is 5.91 Å². The highest BCUT2D eigenvalue weighted by molar-refractivity contribution is 7.99. The minimum atomic E-state index is -0.0579. The molecule has 154 valence electrons. The molecule has 3 rings (SSSR count). The lowest BCUT2D eigenvalue weighted by atomic mass is 10.0. The SMILES string of the molecule is CCc1cccc(C)c1N(C(=O)CSc1nc2c(C)cccc2[nH]1)C(C)COC. The molecule has 1 N–H and O–H groups in total. The van der Waals surface area contributed by atoms with Crippen molar-refractivity contribution in [3.05, 3.63) is 53.1 Å². The molecule has 0 spiro atoms. The van der Waals surface area contributed by atoms with Crippen LogP contribution in [0.1, 0.15) is 30.5 Å². The first-order chi connectivity index (χ1) is 14.0. The van der Waals surface area contributed by atoms with Gasteiger partial charge >= 0.3 is 0 Å². The van der Waals surface area contributed by atoms with E-state index in [0.717, 1.165) is 39.4 Å². The molecule has 2 aromatic carbocycles. The standard InChI is InChI=1S/C23H29N3O2S/c1-6-18-11-7-10-16(3)22(18)26(17(4)13-28-5)20(27)14-29-23-24-19-12-8-9-15(2)21(19)25-23/h7-12,17H,6,13-14H2,1-5H3,(H,24,25). The van der Waals surface area contributed by atoms with Crippen molar-refractivity contribution < 1.29 is 9.53 Å². The van der Waals surface area contributed by atoms with Gasteiger partial charge in [-0.05, 0) is 49.9 Å². The molecular weight excluding hydrogens is 382 g/mol. The van der Waals surface area contributed by atoms with Crippen LogP contribution < -0.4 is 4.90 Å². The zero-order valence-electron chi connectivity index (χ0n) is 17.8. The van der Waals surface area contributed by atoms with Crippen molar-refractivity contribution in [2.45, 2.75) is 45.3 Å². The highest BCUT2D eigenvalue weighted by Gasteiger charge is 2.25. The Bertz CT molecular complexity index is 999. The summed E-state index contributed by atoms with van der Waals surface area (Å²) in [5, 5.41) is 0.766. The maximum absolute atomic E-state index is 13.3. The summed E-state index contributed by atoms with van der Waals surface area (Å²) in [4.78, 5) is 23.2. The van der Waals surface area contributed by atoms with E-state index in [4.69, 9.17) is 4.74 Å². The van der Waals surface area contributed by atoms with Gasteiger partial charge in [0, 0.05) is 7.11 Å². The van der Waals surface area contributed by atoms with Gasteiger partial charge < -0.3 is 14.6 Å². The van der Waals surface area contributed by atoms with Crippen LogP contribution in [0.15, 0.2) is 41.6 Å². The number of ether oxygens (including phenoxy) is 1. The maximum atomic E-state index is 13.3. The van der Waals surface area contributed by atoms with Crippen LogP contribution in [0.4, 0.5) is 5.69 Å². The number of aryl methyl sites for hydroxylation is 3. The van der Waals surface area contributed by atoms with Crippen LogP contribution in [-0.4, -0.2) is 41.4 Å². The normalized spacial score (nSPS) is 12.3. The van der Waals surface area contributed by atoms with E-state index >= 15 is 0 Å². The third kappa shape index (κ3) is 4.65. The molecule has 5 nitrogen and oxygen atoms in total. The fourth-order valence-corrected chi connectivity index (χ4v) is 4.41. The molecule has 1 unspecified atom stereocenters. The number of imidazole rings is 1. The van der Waals surface area contributed by atoms with Crippen LogP contribution in [0.25, 0.3) is 11.0 Å². The average molecular weight is 412 g/mol. The third-order valence-electron chi connectivity index (χ3n) is 5.09. The van der Waals surface area contributed by atoms with Gasteiger partial charge in [-0.3, -0.25) is 4.79 Å². The van der Waals surface area contributed by atoms with Crippen LogP contribution in [0.3, 0.4) is 0 Å². The molecule has 0 saturated carbocycles. The number of hydrogen-bond acceptors (Lipinski definition) is 4. The molecule has 29 heavy (non-hydrogen) atoms. The van der Waals surface area contributed by atoms with Crippen molar-refractivity contribution in [3.63, 3.8) is 0 Å². The van der Waals surface area contributed by atoms with Gasteiger partial charge in [0.05, 0.1) is 35.1 Å². The van der Waals surface area contributed by atoms with Gasteiger partial charge in [0.1, 0.15) is 0 Å². The molecule has 0 saturated heterocycles.